The molecule has 1 heterocycles. The molecular formula is C16H21NO3S2. The number of hydrogen-bond donors (Lipinski definition) is 0. The Morgan fingerprint density at radius 3 is 2.45 bits per heavy atom. The maximum absolute atomic E-state index is 11.8. The van der Waals surface area contributed by atoms with Crippen LogP contribution in [0, 0.1) is 5.21 Å². The first-order valence-corrected chi connectivity index (χ1v) is 10.1. The second-order valence-corrected chi connectivity index (χ2v) is 8.49. The minimum absolute atomic E-state index is 0.357. The van der Waals surface area contributed by atoms with E-state index in [2.05, 4.69) is 0 Å². The van der Waals surface area contributed by atoms with Crippen LogP contribution in [0.25, 0.3) is 0 Å². The highest BCUT2D eigenvalue weighted by Crippen LogP contribution is 2.17. The molecule has 1 fully saturated rings. The van der Waals surface area contributed by atoms with Crippen LogP contribution >= 0.6 is 0 Å². The molecule has 2 unspecified atom stereocenters. The molecule has 2 atom stereocenters. The summed E-state index contributed by atoms with van der Waals surface area (Å²) in [7, 11) is -2.14. The number of nitrogens with zero attached hydrogens (tertiary/aromatic N) is 1. The van der Waals surface area contributed by atoms with Crippen molar-refractivity contribution in [2.45, 2.75) is 32.2 Å². The fourth-order valence-electron chi connectivity index (χ4n) is 2.21. The average Bonchev–Trinajstić information content (AvgIpc) is 2.50. The lowest BCUT2D eigenvalue weighted by Crippen LogP contribution is -2.17. The van der Waals surface area contributed by atoms with E-state index in [9.17, 15) is 13.6 Å². The van der Waals surface area contributed by atoms with Crippen LogP contribution in [-0.2, 0) is 28.1 Å². The van der Waals surface area contributed by atoms with Gasteiger partial charge in [0.05, 0.1) is 25.8 Å². The quantitative estimate of drug-likeness (QED) is 0.263. The largest absolute Gasteiger partial charge is 0.624 e. The summed E-state index contributed by atoms with van der Waals surface area (Å²) in [6, 6.07) is 9.61. The molecule has 1 aromatic carbocycles. The highest BCUT2D eigenvalue weighted by molar-refractivity contribution is 8.09. The zero-order chi connectivity index (χ0) is 15.8. The third-order valence-corrected chi connectivity index (χ3v) is 7.01. The van der Waals surface area contributed by atoms with E-state index in [-0.39, 0.29) is 0 Å². The highest BCUT2D eigenvalue weighted by atomic mass is 32.2. The molecule has 0 spiro atoms. The molecule has 0 aromatic heterocycles. The summed E-state index contributed by atoms with van der Waals surface area (Å²) >= 11 is 0. The van der Waals surface area contributed by atoms with Crippen LogP contribution in [0.3, 0.4) is 0 Å². The van der Waals surface area contributed by atoms with Crippen LogP contribution < -0.4 is 0 Å². The molecule has 0 aliphatic carbocycles. The molecule has 0 amide bonds. The van der Waals surface area contributed by atoms with Crippen LogP contribution in [0.2, 0.25) is 0 Å². The summed E-state index contributed by atoms with van der Waals surface area (Å²) in [4.78, 5) is 0. The van der Waals surface area contributed by atoms with E-state index in [1.165, 1.54) is 0 Å². The van der Waals surface area contributed by atoms with Gasteiger partial charge >= 0.3 is 0 Å². The topological polar surface area (TPSA) is 60.2 Å². The van der Waals surface area contributed by atoms with Crippen molar-refractivity contribution in [2.24, 2.45) is 0 Å². The average molecular weight is 339 g/mol. The van der Waals surface area contributed by atoms with Crippen molar-refractivity contribution < 1.29 is 13.2 Å². The third kappa shape index (κ3) is 5.50. The first-order chi connectivity index (χ1) is 10.7. The van der Waals surface area contributed by atoms with E-state index in [0.29, 0.717) is 35.1 Å². The van der Waals surface area contributed by atoms with Gasteiger partial charge in [-0.15, -0.1) is 0 Å². The Labute approximate surface area is 136 Å². The number of allylic oxidation sites excluding steroid dienone is 1. The molecule has 1 aromatic rings. The van der Waals surface area contributed by atoms with E-state index in [1.54, 1.807) is 6.21 Å². The summed E-state index contributed by atoms with van der Waals surface area (Å²) < 4.78 is 25.1. The van der Waals surface area contributed by atoms with Gasteiger partial charge < -0.3 is 5.21 Å². The second-order valence-electron chi connectivity index (χ2n) is 5.15. The van der Waals surface area contributed by atoms with E-state index in [0.717, 1.165) is 23.1 Å². The second kappa shape index (κ2) is 9.00. The lowest BCUT2D eigenvalue weighted by Gasteiger charge is -2.12. The van der Waals surface area contributed by atoms with Gasteiger partial charge in [0.2, 0.25) is 0 Å². The fraction of sp³-hybridized carbons (Fsp3) is 0.438. The van der Waals surface area contributed by atoms with Crippen molar-refractivity contribution in [3.05, 3.63) is 51.4 Å². The maximum atomic E-state index is 11.8. The monoisotopic (exact) mass is 339 g/mol. The zero-order valence-electron chi connectivity index (χ0n) is 12.5. The Hall–Kier alpha value is -1.27. The zero-order valence-corrected chi connectivity index (χ0v) is 14.1. The SMILES string of the molecule is O=S1CCCS(=O)C1=CCCC/C=[N+](\[O-])Cc1ccccc1. The first-order valence-electron chi connectivity index (χ1n) is 7.45. The molecule has 6 heteroatoms. The van der Waals surface area contributed by atoms with Gasteiger partial charge in [0.15, 0.2) is 12.8 Å². The van der Waals surface area contributed by atoms with Crippen molar-refractivity contribution >= 4 is 27.8 Å². The van der Waals surface area contributed by atoms with Gasteiger partial charge in [0.1, 0.15) is 0 Å². The van der Waals surface area contributed by atoms with Crippen molar-refractivity contribution in [3.8, 4) is 0 Å². The molecule has 1 aliphatic heterocycles. The fourth-order valence-corrected chi connectivity index (χ4v) is 5.55. The molecule has 0 radical (unpaired) electrons. The summed E-state index contributed by atoms with van der Waals surface area (Å²) in [6.45, 7) is 0.357. The molecule has 120 valence electrons. The van der Waals surface area contributed by atoms with E-state index in [1.807, 2.05) is 36.4 Å². The lowest BCUT2D eigenvalue weighted by atomic mass is 10.2. The molecule has 0 bridgehead atoms. The number of hydroxylamine groups is 1. The minimum Gasteiger partial charge on any atom is -0.624 e. The number of rotatable bonds is 6. The van der Waals surface area contributed by atoms with Gasteiger partial charge in [0, 0.05) is 23.5 Å². The summed E-state index contributed by atoms with van der Waals surface area (Å²) in [5, 5.41) is 11.7. The molecule has 0 saturated carbocycles. The summed E-state index contributed by atoms with van der Waals surface area (Å²) in [5.74, 6) is 1.24. The summed E-state index contributed by atoms with van der Waals surface area (Å²) in [6.07, 6.45) is 6.42. The normalized spacial score (nSPS) is 22.5. The van der Waals surface area contributed by atoms with Crippen LogP contribution in [0.5, 0.6) is 0 Å². The lowest BCUT2D eigenvalue weighted by molar-refractivity contribution is -0.471. The van der Waals surface area contributed by atoms with Crippen LogP contribution in [0.1, 0.15) is 31.2 Å². The van der Waals surface area contributed by atoms with Crippen molar-refractivity contribution in [1.29, 1.82) is 0 Å². The van der Waals surface area contributed by atoms with Crippen LogP contribution in [0.15, 0.2) is 40.6 Å². The van der Waals surface area contributed by atoms with Gasteiger partial charge in [-0.1, -0.05) is 36.4 Å². The molecule has 0 N–H and O–H groups in total. The van der Waals surface area contributed by atoms with Gasteiger partial charge in [-0.05, 0) is 19.3 Å². The highest BCUT2D eigenvalue weighted by Gasteiger charge is 2.19. The molecule has 2 rings (SSSR count). The Morgan fingerprint density at radius 1 is 1.09 bits per heavy atom. The van der Waals surface area contributed by atoms with E-state index in [4.69, 9.17) is 0 Å². The number of unbranched alkanes of at least 4 members (excludes halogenated alkanes) is 2. The Bertz CT molecular complexity index is 579. The molecular weight excluding hydrogens is 318 g/mol. The van der Waals surface area contributed by atoms with Crippen molar-refractivity contribution in [2.75, 3.05) is 11.5 Å². The molecule has 1 aliphatic rings. The third-order valence-electron chi connectivity index (χ3n) is 3.34. The Balaban J connectivity index is 1.75. The molecule has 1 saturated heterocycles. The van der Waals surface area contributed by atoms with E-state index >= 15 is 0 Å². The first kappa shape index (κ1) is 17.1. The van der Waals surface area contributed by atoms with Crippen LogP contribution in [0.4, 0.5) is 0 Å². The minimum atomic E-state index is -1.07. The standard InChI is InChI=1S/C16H21NO3S2/c18-17(14-15-8-3-1-4-9-15)11-6-2-5-10-16-21(19)12-7-13-22(16)20/h1,3-4,8-11H,2,5-7,12-14H2/b16-10?,17-11-. The predicted octanol–water partition coefficient (Wildman–Crippen LogP) is 2.68. The smallest absolute Gasteiger partial charge is 0.178 e. The van der Waals surface area contributed by atoms with E-state index < -0.39 is 21.6 Å². The van der Waals surface area contributed by atoms with Gasteiger partial charge in [0.25, 0.3) is 0 Å². The van der Waals surface area contributed by atoms with Gasteiger partial charge in [-0.3, -0.25) is 8.42 Å². The van der Waals surface area contributed by atoms with Gasteiger partial charge in [-0.25, -0.2) is 4.74 Å². The number of benzene rings is 1. The molecule has 22 heavy (non-hydrogen) atoms. The Kier molecular flexibility index (Phi) is 6.99. The maximum Gasteiger partial charge on any atom is 0.178 e. The van der Waals surface area contributed by atoms with Crippen molar-refractivity contribution in [3.63, 3.8) is 0 Å². The van der Waals surface area contributed by atoms with Crippen LogP contribution in [-0.4, -0.2) is 30.9 Å². The van der Waals surface area contributed by atoms with Gasteiger partial charge in [-0.2, -0.15) is 0 Å². The summed E-state index contributed by atoms with van der Waals surface area (Å²) in [5.41, 5.74) is 0.990. The molecule has 4 nitrogen and oxygen atoms in total. The predicted molar refractivity (Wildman–Crippen MR) is 92.4 cm³/mol. The number of hydrogen-bond acceptors (Lipinski definition) is 3. The Morgan fingerprint density at radius 2 is 1.77 bits per heavy atom. The van der Waals surface area contributed by atoms with Crippen molar-refractivity contribution in [1.82, 2.24) is 0 Å².